The lowest BCUT2D eigenvalue weighted by atomic mass is 9.90. The number of nitrogens with one attached hydrogen (secondary N) is 1. The summed E-state index contributed by atoms with van der Waals surface area (Å²) >= 11 is 0. The Morgan fingerprint density at radius 2 is 1.66 bits per heavy atom. The average molecular weight is 618 g/mol. The predicted molar refractivity (Wildman–Crippen MR) is 167 cm³/mol. The maximum Gasteiger partial charge on any atom is 0.243 e. The largest absolute Gasteiger partial charge is 0.395 e. The third kappa shape index (κ3) is 6.57. The summed E-state index contributed by atoms with van der Waals surface area (Å²) in [4.78, 5) is 6.75. The van der Waals surface area contributed by atoms with Gasteiger partial charge < -0.3 is 19.7 Å². The van der Waals surface area contributed by atoms with Gasteiger partial charge in [-0.2, -0.15) is 0 Å². The zero-order valence-corrected chi connectivity index (χ0v) is 25.6. The van der Waals surface area contributed by atoms with Crippen molar-refractivity contribution in [1.29, 1.82) is 0 Å². The highest BCUT2D eigenvalue weighted by Gasteiger charge is 2.40. The molecule has 4 aromatic rings. The van der Waals surface area contributed by atoms with Crippen LogP contribution in [-0.2, 0) is 32.6 Å². The zero-order chi connectivity index (χ0) is 30.7. The Morgan fingerprint density at radius 3 is 2.41 bits per heavy atom. The Kier molecular flexibility index (Phi) is 9.39. The molecular weight excluding hydrogens is 578 g/mol. The average Bonchev–Trinajstić information content (AvgIpc) is 3.52. The number of nitrogens with zero attached hydrogens (tertiary/aromatic N) is 2. The van der Waals surface area contributed by atoms with E-state index in [4.69, 9.17) is 9.47 Å². The van der Waals surface area contributed by atoms with Crippen molar-refractivity contribution in [1.82, 2.24) is 14.6 Å². The number of aromatic nitrogens is 1. The number of pyridine rings is 1. The van der Waals surface area contributed by atoms with E-state index in [2.05, 4.69) is 21.5 Å². The molecule has 3 aromatic carbocycles. The first-order chi connectivity index (χ1) is 21.4. The van der Waals surface area contributed by atoms with Gasteiger partial charge in [-0.05, 0) is 48.2 Å². The smallest absolute Gasteiger partial charge is 0.243 e. The number of fused-ring (bicyclic) bond motifs is 1. The Bertz CT molecular complexity index is 1660. The standard InChI is InChI=1S/C34H39N3O6S/c1-23-30(20-37-18-4-7-29(37)22-39)42-34(43-33(23)27-13-11-25(21-38)12-14-27)28-15-9-24(10-16-28)19-36-44(40,41)31-8-2-5-26-6-3-17-35-32(26)31/h2-3,5-6,8-17,23,29-30,33-34,36,38-39H,4,7,18-22H2,1H3/t23-,29-,30+,33+,34?/m0/s1. The Balaban J connectivity index is 1.19. The minimum absolute atomic E-state index is 0.0193. The van der Waals surface area contributed by atoms with Gasteiger partial charge in [-0.3, -0.25) is 9.88 Å². The number of likely N-dealkylation sites (tertiary alicyclic amines) is 1. The third-order valence-corrected chi connectivity index (χ3v) is 10.3. The van der Waals surface area contributed by atoms with Crippen molar-refractivity contribution in [2.75, 3.05) is 19.7 Å². The highest BCUT2D eigenvalue weighted by atomic mass is 32.2. The van der Waals surface area contributed by atoms with Gasteiger partial charge in [0.2, 0.25) is 10.0 Å². The third-order valence-electron chi connectivity index (χ3n) is 8.85. The van der Waals surface area contributed by atoms with E-state index in [0.29, 0.717) is 12.1 Å². The Labute approximate surface area is 258 Å². The molecule has 0 radical (unpaired) electrons. The lowest BCUT2D eigenvalue weighted by molar-refractivity contribution is -0.276. The molecule has 0 amide bonds. The molecule has 3 N–H and O–H groups in total. The molecule has 2 aliphatic rings. The number of aliphatic hydroxyl groups excluding tert-OH is 2. The van der Waals surface area contributed by atoms with E-state index < -0.39 is 16.3 Å². The van der Waals surface area contributed by atoms with Gasteiger partial charge >= 0.3 is 0 Å². The van der Waals surface area contributed by atoms with Crippen LogP contribution in [-0.4, -0.2) is 60.4 Å². The SMILES string of the molecule is C[C@H]1[C@@H](CN2CCC[C@H]2CO)OC(c2ccc(CNS(=O)(=O)c3cccc4cccnc34)cc2)O[C@H]1c1ccc(CO)cc1. The molecule has 0 spiro atoms. The quantitative estimate of drug-likeness (QED) is 0.239. The zero-order valence-electron chi connectivity index (χ0n) is 24.7. The monoisotopic (exact) mass is 617 g/mol. The lowest BCUT2D eigenvalue weighted by Gasteiger charge is -2.43. The second-order valence-corrected chi connectivity index (χ2v) is 13.4. The van der Waals surface area contributed by atoms with Crippen molar-refractivity contribution in [2.45, 2.75) is 62.4 Å². The van der Waals surface area contributed by atoms with E-state index in [1.54, 1.807) is 24.4 Å². The molecule has 1 aromatic heterocycles. The summed E-state index contributed by atoms with van der Waals surface area (Å²) < 4.78 is 42.2. The summed E-state index contributed by atoms with van der Waals surface area (Å²) in [5.74, 6) is 0.0448. The molecule has 2 aliphatic heterocycles. The summed E-state index contributed by atoms with van der Waals surface area (Å²) in [6, 6.07) is 24.3. The second-order valence-electron chi connectivity index (χ2n) is 11.7. The second kappa shape index (κ2) is 13.4. The molecule has 44 heavy (non-hydrogen) atoms. The number of hydrogen-bond donors (Lipinski definition) is 3. The first-order valence-corrected chi connectivity index (χ1v) is 16.6. The van der Waals surface area contributed by atoms with Crippen LogP contribution in [0.2, 0.25) is 0 Å². The highest BCUT2D eigenvalue weighted by Crippen LogP contribution is 2.42. The molecule has 6 rings (SSSR count). The molecule has 2 saturated heterocycles. The van der Waals surface area contributed by atoms with E-state index in [0.717, 1.165) is 47.0 Å². The van der Waals surface area contributed by atoms with Crippen molar-refractivity contribution in [3.8, 4) is 0 Å². The van der Waals surface area contributed by atoms with Gasteiger partial charge in [-0.15, -0.1) is 0 Å². The summed E-state index contributed by atoms with van der Waals surface area (Å²) in [5, 5.41) is 20.2. The van der Waals surface area contributed by atoms with Gasteiger partial charge in [0.1, 0.15) is 4.90 Å². The van der Waals surface area contributed by atoms with Gasteiger partial charge in [0.05, 0.1) is 30.9 Å². The summed E-state index contributed by atoms with van der Waals surface area (Å²) in [6.45, 7) is 3.99. The van der Waals surface area contributed by atoms with Gasteiger partial charge in [0.15, 0.2) is 6.29 Å². The minimum atomic E-state index is -3.79. The fourth-order valence-corrected chi connectivity index (χ4v) is 7.44. The predicted octanol–water partition coefficient (Wildman–Crippen LogP) is 4.45. The normalized spacial score (nSPS) is 24.6. The Morgan fingerprint density at radius 1 is 0.932 bits per heavy atom. The summed E-state index contributed by atoms with van der Waals surface area (Å²) in [6.07, 6.45) is 2.63. The number of benzene rings is 3. The summed E-state index contributed by atoms with van der Waals surface area (Å²) in [7, 11) is -3.79. The molecule has 0 bridgehead atoms. The van der Waals surface area contributed by atoms with E-state index in [1.165, 1.54) is 0 Å². The molecule has 1 unspecified atom stereocenters. The topological polar surface area (TPSA) is 121 Å². The van der Waals surface area contributed by atoms with Crippen molar-refractivity contribution in [2.24, 2.45) is 5.92 Å². The van der Waals surface area contributed by atoms with Crippen LogP contribution in [0.4, 0.5) is 0 Å². The van der Waals surface area contributed by atoms with Crippen LogP contribution in [0.15, 0.2) is 90.0 Å². The van der Waals surface area contributed by atoms with Gasteiger partial charge in [0, 0.05) is 42.2 Å². The van der Waals surface area contributed by atoms with Crippen LogP contribution in [0.25, 0.3) is 10.9 Å². The van der Waals surface area contributed by atoms with Crippen molar-refractivity contribution in [3.63, 3.8) is 0 Å². The van der Waals surface area contributed by atoms with Crippen LogP contribution < -0.4 is 4.72 Å². The van der Waals surface area contributed by atoms with Crippen LogP contribution >= 0.6 is 0 Å². The molecule has 0 saturated carbocycles. The first-order valence-electron chi connectivity index (χ1n) is 15.1. The number of para-hydroxylation sites is 1. The van der Waals surface area contributed by atoms with E-state index in [-0.39, 0.29) is 48.8 Å². The van der Waals surface area contributed by atoms with E-state index in [1.807, 2.05) is 60.7 Å². The number of aliphatic hydroxyl groups is 2. The maximum absolute atomic E-state index is 13.2. The summed E-state index contributed by atoms with van der Waals surface area (Å²) in [5.41, 5.74) is 3.93. The fourth-order valence-electron chi connectivity index (χ4n) is 6.24. The van der Waals surface area contributed by atoms with Crippen molar-refractivity contribution < 1.29 is 28.1 Å². The van der Waals surface area contributed by atoms with Crippen LogP contribution in [0, 0.1) is 5.92 Å². The van der Waals surface area contributed by atoms with Crippen molar-refractivity contribution in [3.05, 3.63) is 107 Å². The molecule has 9 nitrogen and oxygen atoms in total. The van der Waals surface area contributed by atoms with Crippen molar-refractivity contribution >= 4 is 20.9 Å². The molecule has 232 valence electrons. The minimum Gasteiger partial charge on any atom is -0.395 e. The molecule has 2 fully saturated rings. The fraction of sp³-hybridized carbons (Fsp3) is 0.382. The Hall–Kier alpha value is -3.22. The van der Waals surface area contributed by atoms with E-state index in [9.17, 15) is 18.6 Å². The van der Waals surface area contributed by atoms with Gasteiger partial charge in [0.25, 0.3) is 0 Å². The number of hydrogen-bond acceptors (Lipinski definition) is 8. The first kappa shape index (κ1) is 30.8. The number of rotatable bonds is 10. The van der Waals surface area contributed by atoms with Crippen LogP contribution in [0.1, 0.15) is 54.4 Å². The molecule has 0 aliphatic carbocycles. The lowest BCUT2D eigenvalue weighted by Crippen LogP contribution is -2.46. The van der Waals surface area contributed by atoms with Gasteiger partial charge in [-0.25, -0.2) is 13.1 Å². The molecule has 3 heterocycles. The number of ether oxygens (including phenoxy) is 2. The highest BCUT2D eigenvalue weighted by molar-refractivity contribution is 7.89. The molecule has 10 heteroatoms. The molecule has 5 atom stereocenters. The number of sulfonamides is 1. The van der Waals surface area contributed by atoms with Gasteiger partial charge in [-0.1, -0.05) is 73.7 Å². The van der Waals surface area contributed by atoms with Crippen LogP contribution in [0.5, 0.6) is 0 Å². The molecular formula is C34H39N3O6S. The maximum atomic E-state index is 13.2. The van der Waals surface area contributed by atoms with E-state index >= 15 is 0 Å². The van der Waals surface area contributed by atoms with Crippen LogP contribution in [0.3, 0.4) is 0 Å².